The van der Waals surface area contributed by atoms with E-state index in [1.165, 1.54) is 0 Å². The quantitative estimate of drug-likeness (QED) is 0.561. The van der Waals surface area contributed by atoms with Gasteiger partial charge in [0.1, 0.15) is 5.60 Å². The topological polar surface area (TPSA) is 71.6 Å². The Balaban J connectivity index is 1.45. The second-order valence-electron chi connectivity index (χ2n) is 13.8. The number of ether oxygens (including phenoxy) is 1. The summed E-state index contributed by atoms with van der Waals surface area (Å²) in [5.41, 5.74) is 0.951. The lowest BCUT2D eigenvalue weighted by Gasteiger charge is -2.45. The van der Waals surface area contributed by atoms with Gasteiger partial charge in [-0.3, -0.25) is 4.79 Å². The van der Waals surface area contributed by atoms with Crippen molar-refractivity contribution in [3.8, 4) is 0 Å². The van der Waals surface area contributed by atoms with Gasteiger partial charge in [-0.15, -0.1) is 0 Å². The first-order valence-corrected chi connectivity index (χ1v) is 14.0. The number of hydrogen-bond donors (Lipinski definition) is 0. The van der Waals surface area contributed by atoms with Gasteiger partial charge < -0.3 is 28.7 Å². The van der Waals surface area contributed by atoms with Gasteiger partial charge in [0, 0.05) is 30.9 Å². The molecule has 38 heavy (non-hydrogen) atoms. The molecular formula is C29H44BN3O5. The molecule has 5 rings (SSSR count). The molecule has 3 fully saturated rings. The number of nitrogens with zero attached hydrogens (tertiary/aromatic N) is 3. The summed E-state index contributed by atoms with van der Waals surface area (Å²) < 4.78 is 18.3. The molecule has 1 saturated carbocycles. The van der Waals surface area contributed by atoms with Crippen molar-refractivity contribution in [1.29, 1.82) is 0 Å². The third kappa shape index (κ3) is 4.44. The summed E-state index contributed by atoms with van der Waals surface area (Å²) in [4.78, 5) is 33.1. The average molecular weight is 525 g/mol. The smallest absolute Gasteiger partial charge is 0.444 e. The molecular weight excluding hydrogens is 481 g/mol. The molecule has 0 aromatic heterocycles. The first-order valence-electron chi connectivity index (χ1n) is 14.0. The lowest BCUT2D eigenvalue weighted by molar-refractivity contribution is -0.126. The molecule has 1 aromatic carbocycles. The molecule has 0 radical (unpaired) electrons. The molecule has 208 valence electrons. The Morgan fingerprint density at radius 2 is 1.63 bits per heavy atom. The monoisotopic (exact) mass is 525 g/mol. The number of anilines is 1. The van der Waals surface area contributed by atoms with Crippen LogP contribution in [0.3, 0.4) is 0 Å². The Morgan fingerprint density at radius 3 is 2.16 bits per heavy atom. The molecule has 3 heterocycles. The van der Waals surface area contributed by atoms with Crippen molar-refractivity contribution in [2.75, 3.05) is 32.1 Å². The van der Waals surface area contributed by atoms with Crippen molar-refractivity contribution >= 4 is 30.3 Å². The molecule has 4 aliphatic rings. The summed E-state index contributed by atoms with van der Waals surface area (Å²) in [5, 5.41) is 0. The molecule has 0 atom stereocenters. The summed E-state index contributed by atoms with van der Waals surface area (Å²) in [6.45, 7) is 14.8. The Labute approximate surface area is 228 Å². The van der Waals surface area contributed by atoms with Gasteiger partial charge in [0.15, 0.2) is 0 Å². The minimum atomic E-state index is -0.620. The van der Waals surface area contributed by atoms with E-state index in [0.29, 0.717) is 32.0 Å². The number of likely N-dealkylation sites (tertiary alicyclic amines) is 1. The molecule has 1 aliphatic carbocycles. The predicted molar refractivity (Wildman–Crippen MR) is 149 cm³/mol. The van der Waals surface area contributed by atoms with E-state index in [1.807, 2.05) is 20.8 Å². The highest BCUT2D eigenvalue weighted by Crippen LogP contribution is 2.51. The minimum absolute atomic E-state index is 0.171. The maximum Gasteiger partial charge on any atom is 0.494 e. The molecule has 0 N–H and O–H groups in total. The Hall–Kier alpha value is -2.10. The highest BCUT2D eigenvalue weighted by atomic mass is 16.7. The fourth-order valence-corrected chi connectivity index (χ4v) is 6.17. The standard InChI is InChI=1S/C29H44BN3O5/c1-26(2,3)36-25(35)32-14-12-29(13-15-32)22-11-10-19(30-37-27(4,5)28(6,7)38-30)16-23(22)33(24(29)34)21-17-20(18-21)31(8)9/h10-11,16,20-21H,12-15,17-18H2,1-9H3. The van der Waals surface area contributed by atoms with Crippen LogP contribution in [0.15, 0.2) is 18.2 Å². The van der Waals surface area contributed by atoms with Gasteiger partial charge in [-0.1, -0.05) is 12.1 Å². The van der Waals surface area contributed by atoms with Gasteiger partial charge in [0.25, 0.3) is 0 Å². The summed E-state index contributed by atoms with van der Waals surface area (Å²) in [5.74, 6) is 0.171. The van der Waals surface area contributed by atoms with Crippen LogP contribution in [0.4, 0.5) is 10.5 Å². The molecule has 2 saturated heterocycles. The fourth-order valence-electron chi connectivity index (χ4n) is 6.17. The van der Waals surface area contributed by atoms with E-state index >= 15 is 0 Å². The number of piperidine rings is 1. The molecule has 0 bridgehead atoms. The van der Waals surface area contributed by atoms with Crippen molar-refractivity contribution in [2.24, 2.45) is 0 Å². The third-order valence-corrected chi connectivity index (χ3v) is 9.40. The van der Waals surface area contributed by atoms with Crippen molar-refractivity contribution in [1.82, 2.24) is 9.80 Å². The summed E-state index contributed by atoms with van der Waals surface area (Å²) in [6, 6.07) is 6.94. The number of carbonyl (C=O) groups is 2. The van der Waals surface area contributed by atoms with Crippen molar-refractivity contribution in [3.63, 3.8) is 0 Å². The molecule has 8 nitrogen and oxygen atoms in total. The van der Waals surface area contributed by atoms with Crippen LogP contribution in [-0.4, -0.2) is 85.0 Å². The molecule has 3 aliphatic heterocycles. The maximum atomic E-state index is 14.3. The van der Waals surface area contributed by atoms with Crippen LogP contribution in [0.5, 0.6) is 0 Å². The number of carbonyl (C=O) groups excluding carboxylic acids is 2. The van der Waals surface area contributed by atoms with Crippen LogP contribution in [0, 0.1) is 0 Å². The van der Waals surface area contributed by atoms with E-state index in [-0.39, 0.29) is 18.0 Å². The van der Waals surface area contributed by atoms with E-state index in [1.54, 1.807) is 4.90 Å². The average Bonchev–Trinajstić information content (AvgIpc) is 3.13. The van der Waals surface area contributed by atoms with Gasteiger partial charge in [0.05, 0.1) is 16.6 Å². The number of rotatable bonds is 3. The molecule has 1 spiro atoms. The van der Waals surface area contributed by atoms with E-state index in [0.717, 1.165) is 29.6 Å². The van der Waals surface area contributed by atoms with Crippen molar-refractivity contribution in [3.05, 3.63) is 23.8 Å². The van der Waals surface area contributed by atoms with Crippen LogP contribution >= 0.6 is 0 Å². The van der Waals surface area contributed by atoms with Crippen LogP contribution < -0.4 is 10.4 Å². The van der Waals surface area contributed by atoms with Gasteiger partial charge >= 0.3 is 13.2 Å². The zero-order valence-corrected chi connectivity index (χ0v) is 24.6. The molecule has 9 heteroatoms. The van der Waals surface area contributed by atoms with Crippen LogP contribution in [-0.2, 0) is 24.3 Å². The second kappa shape index (κ2) is 8.96. The number of hydrogen-bond acceptors (Lipinski definition) is 6. The SMILES string of the molecule is CN(C)C1CC(N2C(=O)C3(CCN(C(=O)OC(C)(C)C)CC3)c3ccc(B4OC(C)(C)C(C)(C)O4)cc32)C1. The van der Waals surface area contributed by atoms with Crippen LogP contribution in [0.25, 0.3) is 0 Å². The van der Waals surface area contributed by atoms with E-state index in [4.69, 9.17) is 14.0 Å². The summed E-state index contributed by atoms with van der Waals surface area (Å²) >= 11 is 0. The Morgan fingerprint density at radius 1 is 1.05 bits per heavy atom. The number of amides is 2. The Bertz CT molecular complexity index is 1100. The normalized spacial score (nSPS) is 27.6. The Kier molecular flexibility index (Phi) is 6.48. The molecule has 1 aromatic rings. The minimum Gasteiger partial charge on any atom is -0.444 e. The second-order valence-corrected chi connectivity index (χ2v) is 13.8. The summed E-state index contributed by atoms with van der Waals surface area (Å²) in [7, 11) is 3.72. The zero-order valence-electron chi connectivity index (χ0n) is 24.6. The lowest BCUT2D eigenvalue weighted by Crippen LogP contribution is -2.57. The van der Waals surface area contributed by atoms with Gasteiger partial charge in [0.2, 0.25) is 5.91 Å². The fraction of sp³-hybridized carbons (Fsp3) is 0.724. The van der Waals surface area contributed by atoms with Crippen LogP contribution in [0.1, 0.15) is 79.7 Å². The highest BCUT2D eigenvalue weighted by molar-refractivity contribution is 6.62. The summed E-state index contributed by atoms with van der Waals surface area (Å²) in [6.07, 6.45) is 2.79. The molecule has 2 amide bonds. The first kappa shape index (κ1) is 27.5. The van der Waals surface area contributed by atoms with Crippen LogP contribution in [0.2, 0.25) is 0 Å². The largest absolute Gasteiger partial charge is 0.494 e. The van der Waals surface area contributed by atoms with E-state index in [9.17, 15) is 9.59 Å². The third-order valence-electron chi connectivity index (χ3n) is 9.40. The first-order chi connectivity index (χ1) is 17.5. The zero-order chi connectivity index (χ0) is 27.8. The molecule has 0 unspecified atom stereocenters. The van der Waals surface area contributed by atoms with E-state index in [2.05, 4.69) is 69.8 Å². The van der Waals surface area contributed by atoms with Crippen molar-refractivity contribution in [2.45, 2.75) is 108 Å². The number of benzene rings is 1. The van der Waals surface area contributed by atoms with Gasteiger partial charge in [-0.25, -0.2) is 4.79 Å². The number of fused-ring (bicyclic) bond motifs is 2. The predicted octanol–water partition coefficient (Wildman–Crippen LogP) is 3.69. The maximum absolute atomic E-state index is 14.3. The van der Waals surface area contributed by atoms with Gasteiger partial charge in [-0.05, 0) is 105 Å². The van der Waals surface area contributed by atoms with Crippen molar-refractivity contribution < 1.29 is 23.6 Å². The highest BCUT2D eigenvalue weighted by Gasteiger charge is 2.57. The van der Waals surface area contributed by atoms with Gasteiger partial charge in [-0.2, -0.15) is 0 Å². The lowest BCUT2D eigenvalue weighted by atomic mass is 9.71. The van der Waals surface area contributed by atoms with E-state index < -0.39 is 29.3 Å².